The Bertz CT molecular complexity index is 1570. The van der Waals surface area contributed by atoms with Crippen molar-refractivity contribution in [2.24, 2.45) is 13.0 Å². The molecule has 0 atom stereocenters. The third-order valence-corrected chi connectivity index (χ3v) is 7.17. The molecule has 182 valence electrons. The molecule has 1 aliphatic carbocycles. The van der Waals surface area contributed by atoms with Crippen LogP contribution in [0.4, 0.5) is 10.2 Å². The molecule has 36 heavy (non-hydrogen) atoms. The SMILES string of the molecule is Cn1ccc2cc(-c3nc4nc(C=O)nc(NCC5CCC5)c4n3Cc3ccc(CF)cc3)ccc21. The molecule has 1 aliphatic rings. The number of fused-ring (bicyclic) bond motifs is 2. The molecule has 1 saturated carbocycles. The van der Waals surface area contributed by atoms with E-state index < -0.39 is 6.67 Å². The van der Waals surface area contributed by atoms with Gasteiger partial charge in [-0.25, -0.2) is 19.3 Å². The molecule has 8 heteroatoms. The van der Waals surface area contributed by atoms with Crippen molar-refractivity contribution in [2.45, 2.75) is 32.5 Å². The first-order chi connectivity index (χ1) is 17.6. The number of hydrogen-bond acceptors (Lipinski definition) is 5. The number of alkyl halides is 1. The molecule has 7 nitrogen and oxygen atoms in total. The average Bonchev–Trinajstić information content (AvgIpc) is 3.43. The van der Waals surface area contributed by atoms with Gasteiger partial charge in [0.2, 0.25) is 0 Å². The fraction of sp³-hybridized carbons (Fsp3) is 0.286. The number of rotatable bonds is 8. The summed E-state index contributed by atoms with van der Waals surface area (Å²) in [4.78, 5) is 25.5. The highest BCUT2D eigenvalue weighted by Crippen LogP contribution is 2.32. The van der Waals surface area contributed by atoms with Gasteiger partial charge < -0.3 is 14.5 Å². The lowest BCUT2D eigenvalue weighted by Gasteiger charge is -2.25. The minimum Gasteiger partial charge on any atom is -0.368 e. The predicted octanol–water partition coefficient (Wildman–Crippen LogP) is 5.53. The molecule has 0 aliphatic heterocycles. The Balaban J connectivity index is 1.52. The van der Waals surface area contributed by atoms with Crippen LogP contribution in [0.1, 0.15) is 41.0 Å². The van der Waals surface area contributed by atoms with Crippen LogP contribution in [-0.2, 0) is 20.3 Å². The molecule has 0 amide bonds. The highest BCUT2D eigenvalue weighted by atomic mass is 19.1. The molecule has 2 aromatic carbocycles. The molecule has 1 fully saturated rings. The number of anilines is 1. The number of halogens is 1. The summed E-state index contributed by atoms with van der Waals surface area (Å²) in [6.45, 7) is 0.813. The lowest BCUT2D eigenvalue weighted by molar-refractivity contribution is 0.111. The van der Waals surface area contributed by atoms with E-state index in [2.05, 4.69) is 48.7 Å². The second-order valence-electron chi connectivity index (χ2n) is 9.57. The number of nitrogens with one attached hydrogen (secondary N) is 1. The highest BCUT2D eigenvalue weighted by molar-refractivity contribution is 5.91. The molecule has 3 heterocycles. The molecule has 0 bridgehead atoms. The summed E-state index contributed by atoms with van der Waals surface area (Å²) >= 11 is 0. The zero-order chi connectivity index (χ0) is 24.6. The van der Waals surface area contributed by atoms with Crippen molar-refractivity contribution in [3.63, 3.8) is 0 Å². The van der Waals surface area contributed by atoms with E-state index in [9.17, 15) is 9.18 Å². The van der Waals surface area contributed by atoms with Crippen molar-refractivity contribution in [1.29, 1.82) is 0 Å². The topological polar surface area (TPSA) is 77.6 Å². The summed E-state index contributed by atoms with van der Waals surface area (Å²) in [5, 5.41) is 4.60. The summed E-state index contributed by atoms with van der Waals surface area (Å²) in [5.74, 6) is 2.09. The monoisotopic (exact) mass is 482 g/mol. The van der Waals surface area contributed by atoms with Gasteiger partial charge in [-0.3, -0.25) is 4.79 Å². The van der Waals surface area contributed by atoms with Gasteiger partial charge in [0.15, 0.2) is 23.6 Å². The number of aldehydes is 1. The summed E-state index contributed by atoms with van der Waals surface area (Å²) in [6, 6.07) is 15.8. The zero-order valence-corrected chi connectivity index (χ0v) is 20.1. The van der Waals surface area contributed by atoms with Gasteiger partial charge in [-0.2, -0.15) is 0 Å². The van der Waals surface area contributed by atoms with Gasteiger partial charge in [-0.1, -0.05) is 30.7 Å². The molecule has 0 radical (unpaired) electrons. The summed E-state index contributed by atoms with van der Waals surface area (Å²) in [7, 11) is 2.02. The Morgan fingerprint density at radius 1 is 1.06 bits per heavy atom. The number of carbonyl (C=O) groups is 1. The number of hydrogen-bond donors (Lipinski definition) is 1. The molecule has 1 N–H and O–H groups in total. The zero-order valence-electron chi connectivity index (χ0n) is 20.1. The van der Waals surface area contributed by atoms with E-state index in [1.54, 1.807) is 12.1 Å². The first-order valence-electron chi connectivity index (χ1n) is 12.3. The maximum absolute atomic E-state index is 13.1. The minimum atomic E-state index is -0.492. The van der Waals surface area contributed by atoms with E-state index in [1.165, 1.54) is 19.3 Å². The van der Waals surface area contributed by atoms with Crippen LogP contribution in [-0.4, -0.2) is 36.9 Å². The second kappa shape index (κ2) is 9.18. The van der Waals surface area contributed by atoms with E-state index in [1.807, 2.05) is 25.4 Å². The van der Waals surface area contributed by atoms with Crippen LogP contribution in [0.25, 0.3) is 33.5 Å². The summed E-state index contributed by atoms with van der Waals surface area (Å²) in [5.41, 5.74) is 4.98. The van der Waals surface area contributed by atoms with Crippen LogP contribution in [0.3, 0.4) is 0 Å². The molecule has 0 saturated heterocycles. The molecule has 6 rings (SSSR count). The highest BCUT2D eigenvalue weighted by Gasteiger charge is 2.22. The van der Waals surface area contributed by atoms with E-state index in [-0.39, 0.29) is 5.82 Å². The van der Waals surface area contributed by atoms with Crippen molar-refractivity contribution < 1.29 is 9.18 Å². The van der Waals surface area contributed by atoms with Crippen LogP contribution in [0.2, 0.25) is 0 Å². The normalized spacial score (nSPS) is 13.8. The van der Waals surface area contributed by atoms with Crippen molar-refractivity contribution in [3.8, 4) is 11.4 Å². The Hall–Kier alpha value is -4.07. The third-order valence-electron chi connectivity index (χ3n) is 7.17. The van der Waals surface area contributed by atoms with Gasteiger partial charge in [0.25, 0.3) is 0 Å². The van der Waals surface area contributed by atoms with Crippen LogP contribution in [0, 0.1) is 5.92 Å². The lowest BCUT2D eigenvalue weighted by atomic mass is 9.85. The number of benzene rings is 2. The largest absolute Gasteiger partial charge is 0.368 e. The number of carbonyl (C=O) groups excluding carboxylic acids is 1. The van der Waals surface area contributed by atoms with Crippen LogP contribution in [0.5, 0.6) is 0 Å². The van der Waals surface area contributed by atoms with Gasteiger partial charge in [0, 0.05) is 42.8 Å². The van der Waals surface area contributed by atoms with Crippen molar-refractivity contribution in [1.82, 2.24) is 24.1 Å². The number of aryl methyl sites for hydroxylation is 1. The van der Waals surface area contributed by atoms with Crippen molar-refractivity contribution in [2.75, 3.05) is 11.9 Å². The molecule has 5 aromatic rings. The smallest absolute Gasteiger partial charge is 0.196 e. The summed E-state index contributed by atoms with van der Waals surface area (Å²) in [6.07, 6.45) is 6.35. The van der Waals surface area contributed by atoms with Gasteiger partial charge in [-0.05, 0) is 54.2 Å². The molecular formula is C28H27FN6O. The average molecular weight is 483 g/mol. The molecule has 3 aromatic heterocycles. The lowest BCUT2D eigenvalue weighted by Crippen LogP contribution is -2.22. The minimum absolute atomic E-state index is 0.112. The Kier molecular flexibility index (Phi) is 5.71. The third kappa shape index (κ3) is 4.02. The maximum atomic E-state index is 13.1. The van der Waals surface area contributed by atoms with Crippen molar-refractivity contribution >= 4 is 34.2 Å². The number of imidazole rings is 1. The van der Waals surface area contributed by atoms with E-state index >= 15 is 0 Å². The fourth-order valence-electron chi connectivity index (χ4n) is 4.88. The Morgan fingerprint density at radius 2 is 1.86 bits per heavy atom. The van der Waals surface area contributed by atoms with E-state index in [4.69, 9.17) is 4.98 Å². The Morgan fingerprint density at radius 3 is 2.58 bits per heavy atom. The maximum Gasteiger partial charge on any atom is 0.196 e. The first-order valence-corrected chi connectivity index (χ1v) is 12.3. The fourth-order valence-corrected chi connectivity index (χ4v) is 4.88. The van der Waals surface area contributed by atoms with Crippen LogP contribution >= 0.6 is 0 Å². The second-order valence-corrected chi connectivity index (χ2v) is 9.57. The quantitative estimate of drug-likeness (QED) is 0.294. The first kappa shape index (κ1) is 22.4. The summed E-state index contributed by atoms with van der Waals surface area (Å²) < 4.78 is 17.3. The number of aromatic nitrogens is 5. The molecule has 0 spiro atoms. The van der Waals surface area contributed by atoms with Crippen LogP contribution < -0.4 is 5.32 Å². The predicted molar refractivity (Wildman–Crippen MR) is 139 cm³/mol. The van der Waals surface area contributed by atoms with Gasteiger partial charge >= 0.3 is 0 Å². The Labute approximate surface area is 208 Å². The van der Waals surface area contributed by atoms with E-state index in [0.29, 0.717) is 35.8 Å². The van der Waals surface area contributed by atoms with Gasteiger partial charge in [0.05, 0.1) is 0 Å². The number of nitrogens with zero attached hydrogens (tertiary/aromatic N) is 5. The van der Waals surface area contributed by atoms with Crippen LogP contribution in [0.15, 0.2) is 54.7 Å². The molecular weight excluding hydrogens is 455 g/mol. The van der Waals surface area contributed by atoms with Crippen molar-refractivity contribution in [3.05, 3.63) is 71.7 Å². The van der Waals surface area contributed by atoms with Gasteiger partial charge in [-0.15, -0.1) is 0 Å². The van der Waals surface area contributed by atoms with E-state index in [0.717, 1.165) is 39.9 Å². The molecule has 0 unspecified atom stereocenters. The standard InChI is InChI=1S/C28H27FN6O/c1-34-12-11-21-13-22(9-10-23(21)34)28-33-27-25(35(28)16-20-7-5-18(14-29)6-8-20)26(31-24(17-36)32-27)30-15-19-3-2-4-19/h5-13,17,19H,2-4,14-16H2,1H3,(H,30,31,32). The van der Waals surface area contributed by atoms with Gasteiger partial charge in [0.1, 0.15) is 18.0 Å².